The molecule has 4 nitrogen and oxygen atoms in total. The molecule has 0 saturated carbocycles. The van der Waals surface area contributed by atoms with Crippen molar-refractivity contribution in [2.45, 2.75) is 32.4 Å². The van der Waals surface area contributed by atoms with Crippen LogP contribution in [0, 0.1) is 6.92 Å². The van der Waals surface area contributed by atoms with Gasteiger partial charge in [0.05, 0.1) is 11.7 Å². The number of rotatable bonds is 5. The van der Waals surface area contributed by atoms with E-state index in [9.17, 15) is 0 Å². The van der Waals surface area contributed by atoms with Crippen LogP contribution in [0.2, 0.25) is 5.02 Å². The van der Waals surface area contributed by atoms with E-state index in [1.54, 1.807) is 0 Å². The number of pyridine rings is 1. The first-order valence-electron chi connectivity index (χ1n) is 9.43. The van der Waals surface area contributed by atoms with E-state index in [0.717, 1.165) is 51.4 Å². The standard InChI is InChI=1S/C22H22ClN3OS/c1-3-13-26-21(20(25-22(26)28)17-9-4-5-12-24-17)19-11-10-18(27-19)15-7-6-8-16(23)14(15)2/h4-12,20-21H,3,13H2,1-2H3,(H,25,28)/t20-,21+/m0/s1. The first-order valence-corrected chi connectivity index (χ1v) is 10.2. The summed E-state index contributed by atoms with van der Waals surface area (Å²) in [7, 11) is 0. The minimum atomic E-state index is -0.0558. The van der Waals surface area contributed by atoms with E-state index in [0.29, 0.717) is 0 Å². The van der Waals surface area contributed by atoms with Gasteiger partial charge in [0.25, 0.3) is 0 Å². The highest BCUT2D eigenvalue weighted by atomic mass is 35.5. The lowest BCUT2D eigenvalue weighted by molar-refractivity contribution is 0.275. The van der Waals surface area contributed by atoms with Gasteiger partial charge in [-0.15, -0.1) is 0 Å². The molecule has 1 aliphatic heterocycles. The van der Waals surface area contributed by atoms with Gasteiger partial charge in [0.15, 0.2) is 5.11 Å². The predicted octanol–water partition coefficient (Wildman–Crippen LogP) is 5.69. The molecule has 4 rings (SSSR count). The van der Waals surface area contributed by atoms with Crippen LogP contribution in [0.4, 0.5) is 0 Å². The lowest BCUT2D eigenvalue weighted by Gasteiger charge is -2.25. The molecule has 0 radical (unpaired) electrons. The van der Waals surface area contributed by atoms with Crippen molar-refractivity contribution in [2.24, 2.45) is 0 Å². The Morgan fingerprint density at radius 3 is 2.79 bits per heavy atom. The lowest BCUT2D eigenvalue weighted by Crippen LogP contribution is -2.30. The second-order valence-corrected chi connectivity index (χ2v) is 7.73. The fourth-order valence-corrected chi connectivity index (χ4v) is 4.23. The Kier molecular flexibility index (Phi) is 5.38. The monoisotopic (exact) mass is 411 g/mol. The van der Waals surface area contributed by atoms with Crippen LogP contribution in [-0.4, -0.2) is 21.5 Å². The third kappa shape index (κ3) is 3.40. The Morgan fingerprint density at radius 2 is 2.04 bits per heavy atom. The van der Waals surface area contributed by atoms with Crippen LogP contribution < -0.4 is 5.32 Å². The quantitative estimate of drug-likeness (QED) is 0.546. The topological polar surface area (TPSA) is 41.3 Å². The van der Waals surface area contributed by atoms with Crippen molar-refractivity contribution in [1.29, 1.82) is 0 Å². The summed E-state index contributed by atoms with van der Waals surface area (Å²) in [5.74, 6) is 1.68. The maximum Gasteiger partial charge on any atom is 0.170 e. The number of hydrogen-bond acceptors (Lipinski definition) is 3. The zero-order valence-electron chi connectivity index (χ0n) is 15.9. The lowest BCUT2D eigenvalue weighted by atomic mass is 10.0. The number of benzene rings is 1. The molecule has 1 fully saturated rings. The molecule has 144 valence electrons. The van der Waals surface area contributed by atoms with Crippen molar-refractivity contribution in [3.05, 3.63) is 76.8 Å². The minimum absolute atomic E-state index is 0.0457. The van der Waals surface area contributed by atoms with E-state index in [2.05, 4.69) is 22.1 Å². The van der Waals surface area contributed by atoms with E-state index < -0.39 is 0 Å². The average Bonchev–Trinajstić information content (AvgIpc) is 3.30. The molecule has 0 unspecified atom stereocenters. The second-order valence-electron chi connectivity index (χ2n) is 6.93. The number of thiocarbonyl (C=S) groups is 1. The average molecular weight is 412 g/mol. The van der Waals surface area contributed by atoms with Gasteiger partial charge in [-0.25, -0.2) is 0 Å². The van der Waals surface area contributed by atoms with Crippen molar-refractivity contribution < 1.29 is 4.42 Å². The Labute approximate surface area is 175 Å². The summed E-state index contributed by atoms with van der Waals surface area (Å²) in [6.45, 7) is 5.01. The van der Waals surface area contributed by atoms with Gasteiger partial charge in [-0.1, -0.05) is 36.7 Å². The van der Waals surface area contributed by atoms with Gasteiger partial charge in [0.1, 0.15) is 17.6 Å². The molecule has 1 aromatic carbocycles. The molecule has 0 spiro atoms. The molecule has 0 aliphatic carbocycles. The molecule has 0 amide bonds. The normalized spacial score (nSPS) is 19.1. The number of nitrogens with zero attached hydrogens (tertiary/aromatic N) is 2. The van der Waals surface area contributed by atoms with E-state index >= 15 is 0 Å². The zero-order valence-corrected chi connectivity index (χ0v) is 17.4. The highest BCUT2D eigenvalue weighted by Crippen LogP contribution is 2.41. The number of nitrogens with one attached hydrogen (secondary N) is 1. The molecule has 2 aromatic heterocycles. The van der Waals surface area contributed by atoms with Crippen molar-refractivity contribution in [2.75, 3.05) is 6.54 Å². The van der Waals surface area contributed by atoms with Crippen molar-refractivity contribution in [3.8, 4) is 11.3 Å². The minimum Gasteiger partial charge on any atom is -0.459 e. The van der Waals surface area contributed by atoms with Crippen LogP contribution in [-0.2, 0) is 0 Å². The summed E-state index contributed by atoms with van der Waals surface area (Å²) >= 11 is 11.9. The van der Waals surface area contributed by atoms with Crippen LogP contribution in [0.5, 0.6) is 0 Å². The third-order valence-electron chi connectivity index (χ3n) is 5.11. The van der Waals surface area contributed by atoms with E-state index in [1.807, 2.05) is 61.7 Å². The molecule has 2 atom stereocenters. The molecule has 1 saturated heterocycles. The van der Waals surface area contributed by atoms with Crippen LogP contribution in [0.3, 0.4) is 0 Å². The van der Waals surface area contributed by atoms with Crippen molar-refractivity contribution in [3.63, 3.8) is 0 Å². The first-order chi connectivity index (χ1) is 13.6. The fourth-order valence-electron chi connectivity index (χ4n) is 3.73. The molecule has 1 N–H and O–H groups in total. The van der Waals surface area contributed by atoms with Gasteiger partial charge in [0, 0.05) is 23.3 Å². The highest BCUT2D eigenvalue weighted by molar-refractivity contribution is 7.80. The largest absolute Gasteiger partial charge is 0.459 e. The van der Waals surface area contributed by atoms with Crippen LogP contribution in [0.1, 0.15) is 42.4 Å². The van der Waals surface area contributed by atoms with E-state index in [-0.39, 0.29) is 12.1 Å². The number of halogens is 1. The van der Waals surface area contributed by atoms with Crippen LogP contribution in [0.25, 0.3) is 11.3 Å². The number of aromatic nitrogens is 1. The molecule has 6 heteroatoms. The molecular weight excluding hydrogens is 390 g/mol. The number of furan rings is 1. The number of hydrogen-bond donors (Lipinski definition) is 1. The molecule has 0 bridgehead atoms. The zero-order chi connectivity index (χ0) is 19.7. The second kappa shape index (κ2) is 7.94. The van der Waals surface area contributed by atoms with Gasteiger partial charge < -0.3 is 14.6 Å². The van der Waals surface area contributed by atoms with Crippen LogP contribution >= 0.6 is 23.8 Å². The van der Waals surface area contributed by atoms with Crippen molar-refractivity contribution in [1.82, 2.24) is 15.2 Å². The highest BCUT2D eigenvalue weighted by Gasteiger charge is 2.41. The summed E-state index contributed by atoms with van der Waals surface area (Å²) < 4.78 is 6.34. The molecule has 1 aliphatic rings. The fraction of sp³-hybridized carbons (Fsp3) is 0.273. The summed E-state index contributed by atoms with van der Waals surface area (Å²) in [4.78, 5) is 6.74. The third-order valence-corrected chi connectivity index (χ3v) is 5.88. The van der Waals surface area contributed by atoms with Crippen LogP contribution in [0.15, 0.2) is 59.1 Å². The maximum atomic E-state index is 6.34. The Morgan fingerprint density at radius 1 is 1.18 bits per heavy atom. The Hall–Kier alpha value is -2.37. The van der Waals surface area contributed by atoms with E-state index in [4.69, 9.17) is 28.2 Å². The summed E-state index contributed by atoms with van der Waals surface area (Å²) in [6.07, 6.45) is 2.80. The van der Waals surface area contributed by atoms with Gasteiger partial charge in [-0.2, -0.15) is 0 Å². The van der Waals surface area contributed by atoms with E-state index in [1.165, 1.54) is 0 Å². The maximum absolute atomic E-state index is 6.34. The molecule has 3 heterocycles. The van der Waals surface area contributed by atoms with Gasteiger partial charge >= 0.3 is 0 Å². The van der Waals surface area contributed by atoms with Gasteiger partial charge in [-0.3, -0.25) is 4.98 Å². The first kappa shape index (κ1) is 19.0. The Bertz CT molecular complexity index is 988. The summed E-state index contributed by atoms with van der Waals surface area (Å²) in [5.41, 5.74) is 2.96. The van der Waals surface area contributed by atoms with Crippen molar-refractivity contribution >= 4 is 28.9 Å². The molecule has 3 aromatic rings. The summed E-state index contributed by atoms with van der Waals surface area (Å²) in [5, 5.41) is 4.91. The summed E-state index contributed by atoms with van der Waals surface area (Å²) in [6, 6.07) is 15.7. The molecule has 28 heavy (non-hydrogen) atoms. The predicted molar refractivity (Wildman–Crippen MR) is 116 cm³/mol. The Balaban J connectivity index is 1.75. The SMILES string of the molecule is CCCN1C(=S)N[C@@H](c2ccccn2)[C@H]1c1ccc(-c2cccc(Cl)c2C)o1. The van der Waals surface area contributed by atoms with Gasteiger partial charge in [-0.05, 0) is 61.5 Å². The molecular formula is C22H22ClN3OS. The smallest absolute Gasteiger partial charge is 0.170 e. The van der Waals surface area contributed by atoms with Gasteiger partial charge in [0.2, 0.25) is 0 Å².